The van der Waals surface area contributed by atoms with Crippen LogP contribution in [-0.2, 0) is 11.3 Å². The zero-order valence-electron chi connectivity index (χ0n) is 10.6. The number of carboxylic acids is 1. The summed E-state index contributed by atoms with van der Waals surface area (Å²) in [4.78, 5) is 26.4. The third-order valence-corrected chi connectivity index (χ3v) is 3.44. The molecule has 0 aromatic carbocycles. The maximum absolute atomic E-state index is 12.0. The summed E-state index contributed by atoms with van der Waals surface area (Å²) in [6.45, 7) is 0.310. The number of nitrogens with two attached hydrogens (primary N) is 1. The first-order valence-corrected chi connectivity index (χ1v) is 6.27. The summed E-state index contributed by atoms with van der Waals surface area (Å²) in [6.07, 6.45) is 4.85. The molecule has 1 heterocycles. The molecule has 1 saturated carbocycles. The molecule has 1 aromatic heterocycles. The molecule has 0 saturated heterocycles. The van der Waals surface area contributed by atoms with E-state index < -0.39 is 11.5 Å². The van der Waals surface area contributed by atoms with Crippen LogP contribution in [0.3, 0.4) is 0 Å². The van der Waals surface area contributed by atoms with Gasteiger partial charge in [-0.2, -0.15) is 0 Å². The van der Waals surface area contributed by atoms with E-state index in [1.165, 1.54) is 12.3 Å². The highest BCUT2D eigenvalue weighted by molar-refractivity contribution is 5.86. The lowest BCUT2D eigenvalue weighted by atomic mass is 9.98. The van der Waals surface area contributed by atoms with Gasteiger partial charge in [0.25, 0.3) is 0 Å². The van der Waals surface area contributed by atoms with Gasteiger partial charge < -0.3 is 16.2 Å². The summed E-state index contributed by atoms with van der Waals surface area (Å²) in [7, 11) is 0. The molecule has 6 heteroatoms. The fourth-order valence-corrected chi connectivity index (χ4v) is 2.25. The van der Waals surface area contributed by atoms with Crippen LogP contribution in [-0.4, -0.2) is 27.5 Å². The highest BCUT2D eigenvalue weighted by atomic mass is 16.4. The number of aromatic nitrogens is 1. The molecular formula is C13H17N3O3. The van der Waals surface area contributed by atoms with E-state index in [2.05, 4.69) is 10.3 Å². The SMILES string of the molecule is NC1(C(=O)NCc2ccc(C(=O)O)nc2)CCCC1. The summed E-state index contributed by atoms with van der Waals surface area (Å²) in [5.74, 6) is -1.21. The first-order chi connectivity index (χ1) is 9.01. The molecule has 1 aliphatic carbocycles. The normalized spacial score (nSPS) is 17.1. The molecule has 0 unspecified atom stereocenters. The van der Waals surface area contributed by atoms with Crippen LogP contribution in [0.1, 0.15) is 41.7 Å². The standard InChI is InChI=1S/C13H17N3O3/c14-13(5-1-2-6-13)12(19)16-8-9-3-4-10(11(17)18)15-7-9/h3-4,7H,1-2,5-6,8,14H2,(H,16,19)(H,17,18). The number of amides is 1. The number of nitrogens with zero attached hydrogens (tertiary/aromatic N) is 1. The van der Waals surface area contributed by atoms with Crippen molar-refractivity contribution in [1.82, 2.24) is 10.3 Å². The van der Waals surface area contributed by atoms with E-state index in [0.717, 1.165) is 31.2 Å². The molecule has 4 N–H and O–H groups in total. The summed E-state index contributed by atoms with van der Waals surface area (Å²) < 4.78 is 0. The number of hydrogen-bond acceptors (Lipinski definition) is 4. The Balaban J connectivity index is 1.91. The first kappa shape index (κ1) is 13.5. The molecule has 0 atom stereocenters. The van der Waals surface area contributed by atoms with Gasteiger partial charge in [0.05, 0.1) is 5.54 Å². The molecule has 1 aliphatic rings. The highest BCUT2D eigenvalue weighted by Gasteiger charge is 2.36. The zero-order valence-corrected chi connectivity index (χ0v) is 10.6. The monoisotopic (exact) mass is 263 g/mol. The van der Waals surface area contributed by atoms with Gasteiger partial charge in [0, 0.05) is 12.7 Å². The van der Waals surface area contributed by atoms with E-state index in [1.807, 2.05) is 0 Å². The Labute approximate surface area is 111 Å². The first-order valence-electron chi connectivity index (χ1n) is 6.27. The van der Waals surface area contributed by atoms with E-state index in [9.17, 15) is 9.59 Å². The fraction of sp³-hybridized carbons (Fsp3) is 0.462. The highest BCUT2D eigenvalue weighted by Crippen LogP contribution is 2.27. The van der Waals surface area contributed by atoms with Gasteiger partial charge in [0.1, 0.15) is 5.69 Å². The Bertz CT molecular complexity index is 478. The lowest BCUT2D eigenvalue weighted by molar-refractivity contribution is -0.126. The van der Waals surface area contributed by atoms with Gasteiger partial charge in [-0.15, -0.1) is 0 Å². The summed E-state index contributed by atoms with van der Waals surface area (Å²) in [5, 5.41) is 11.5. The van der Waals surface area contributed by atoms with Gasteiger partial charge in [-0.05, 0) is 24.5 Å². The number of carbonyl (C=O) groups is 2. The van der Waals surface area contributed by atoms with Crippen molar-refractivity contribution in [2.24, 2.45) is 5.73 Å². The van der Waals surface area contributed by atoms with E-state index >= 15 is 0 Å². The van der Waals surface area contributed by atoms with Gasteiger partial charge in [0.2, 0.25) is 5.91 Å². The second-order valence-electron chi connectivity index (χ2n) is 4.90. The molecule has 102 valence electrons. The smallest absolute Gasteiger partial charge is 0.354 e. The molecule has 1 amide bonds. The van der Waals surface area contributed by atoms with Gasteiger partial charge >= 0.3 is 5.97 Å². The van der Waals surface area contributed by atoms with Gasteiger partial charge in [-0.1, -0.05) is 18.9 Å². The van der Waals surface area contributed by atoms with Crippen LogP contribution < -0.4 is 11.1 Å². The topological polar surface area (TPSA) is 105 Å². The van der Waals surface area contributed by atoms with Gasteiger partial charge in [-0.25, -0.2) is 9.78 Å². The Kier molecular flexibility index (Phi) is 3.80. The van der Waals surface area contributed by atoms with Gasteiger partial charge in [-0.3, -0.25) is 4.79 Å². The molecule has 0 radical (unpaired) electrons. The van der Waals surface area contributed by atoms with Crippen LogP contribution in [0, 0.1) is 0 Å². The predicted molar refractivity (Wildman–Crippen MR) is 68.4 cm³/mol. The molecule has 19 heavy (non-hydrogen) atoms. The number of nitrogens with one attached hydrogen (secondary N) is 1. The third-order valence-electron chi connectivity index (χ3n) is 3.44. The van der Waals surface area contributed by atoms with Crippen molar-refractivity contribution < 1.29 is 14.7 Å². The fourth-order valence-electron chi connectivity index (χ4n) is 2.25. The molecule has 2 rings (SSSR count). The molecule has 1 aromatic rings. The average Bonchev–Trinajstić information content (AvgIpc) is 2.84. The maximum Gasteiger partial charge on any atom is 0.354 e. The van der Waals surface area contributed by atoms with Crippen LogP contribution in [0.25, 0.3) is 0 Å². The number of aromatic carboxylic acids is 1. The van der Waals surface area contributed by atoms with E-state index in [0.29, 0.717) is 6.54 Å². The lowest BCUT2D eigenvalue weighted by Crippen LogP contribution is -2.51. The van der Waals surface area contributed by atoms with Crippen LogP contribution in [0.5, 0.6) is 0 Å². The Morgan fingerprint density at radius 2 is 2.05 bits per heavy atom. The van der Waals surface area contributed by atoms with Gasteiger partial charge in [0.15, 0.2) is 0 Å². The molecule has 1 fully saturated rings. The number of carbonyl (C=O) groups excluding carboxylic acids is 1. The van der Waals surface area contributed by atoms with Crippen molar-refractivity contribution in [1.29, 1.82) is 0 Å². The number of pyridine rings is 1. The minimum Gasteiger partial charge on any atom is -0.477 e. The average molecular weight is 263 g/mol. The minimum atomic E-state index is -1.07. The number of hydrogen-bond donors (Lipinski definition) is 3. The van der Waals surface area contributed by atoms with Crippen molar-refractivity contribution in [2.75, 3.05) is 0 Å². The van der Waals surface area contributed by atoms with Crippen LogP contribution in [0.4, 0.5) is 0 Å². The number of rotatable bonds is 4. The predicted octanol–water partition coefficient (Wildman–Crippen LogP) is 0.667. The second-order valence-corrected chi connectivity index (χ2v) is 4.90. The Hall–Kier alpha value is -1.95. The largest absolute Gasteiger partial charge is 0.477 e. The van der Waals surface area contributed by atoms with Crippen LogP contribution in [0.15, 0.2) is 18.3 Å². The van der Waals surface area contributed by atoms with Crippen LogP contribution in [0.2, 0.25) is 0 Å². The third kappa shape index (κ3) is 3.08. The van der Waals surface area contributed by atoms with E-state index in [1.54, 1.807) is 6.07 Å². The van der Waals surface area contributed by atoms with Crippen molar-refractivity contribution in [2.45, 2.75) is 37.8 Å². The molecule has 6 nitrogen and oxygen atoms in total. The molecule has 0 aliphatic heterocycles. The molecular weight excluding hydrogens is 246 g/mol. The summed E-state index contributed by atoms with van der Waals surface area (Å²) >= 11 is 0. The van der Waals surface area contributed by atoms with Crippen LogP contribution >= 0.6 is 0 Å². The minimum absolute atomic E-state index is 0.0128. The molecule has 0 bridgehead atoms. The van der Waals surface area contributed by atoms with Crippen molar-refractivity contribution >= 4 is 11.9 Å². The maximum atomic E-state index is 12.0. The van der Waals surface area contributed by atoms with Crippen molar-refractivity contribution in [3.63, 3.8) is 0 Å². The van der Waals surface area contributed by atoms with E-state index in [-0.39, 0.29) is 11.6 Å². The van der Waals surface area contributed by atoms with Crippen molar-refractivity contribution in [3.05, 3.63) is 29.6 Å². The Morgan fingerprint density at radius 3 is 2.58 bits per heavy atom. The summed E-state index contributed by atoms with van der Waals surface area (Å²) in [5.41, 5.74) is 6.02. The molecule has 0 spiro atoms. The summed E-state index contributed by atoms with van der Waals surface area (Å²) in [6, 6.07) is 3.05. The Morgan fingerprint density at radius 1 is 1.37 bits per heavy atom. The van der Waals surface area contributed by atoms with Crippen molar-refractivity contribution in [3.8, 4) is 0 Å². The second kappa shape index (κ2) is 5.36. The lowest BCUT2D eigenvalue weighted by Gasteiger charge is -2.22. The number of carboxylic acid groups (broad SMARTS) is 1. The zero-order chi connectivity index (χ0) is 13.9. The van der Waals surface area contributed by atoms with E-state index in [4.69, 9.17) is 10.8 Å². The quantitative estimate of drug-likeness (QED) is 0.740.